The predicted molar refractivity (Wildman–Crippen MR) is 152 cm³/mol. The van der Waals surface area contributed by atoms with E-state index in [1.807, 2.05) is 67.6 Å². The van der Waals surface area contributed by atoms with E-state index in [-0.39, 0.29) is 18.3 Å². The highest BCUT2D eigenvalue weighted by atomic mass is 35.5. The van der Waals surface area contributed by atoms with Gasteiger partial charge in [0, 0.05) is 40.7 Å². The average molecular weight is 567 g/mol. The Morgan fingerprint density at radius 1 is 0.921 bits per heavy atom. The lowest BCUT2D eigenvalue weighted by Gasteiger charge is -2.36. The molecule has 3 aromatic rings. The van der Waals surface area contributed by atoms with E-state index >= 15 is 0 Å². The molecular formula is C31H26Cl3NO3. The Morgan fingerprint density at radius 3 is 2.34 bits per heavy atom. The fraction of sp³-hybridized carbons (Fsp3) is 0.226. The van der Waals surface area contributed by atoms with Crippen molar-refractivity contribution in [3.63, 3.8) is 0 Å². The molecule has 0 saturated heterocycles. The van der Waals surface area contributed by atoms with Gasteiger partial charge in [0.05, 0.1) is 22.2 Å². The average Bonchev–Trinajstić information content (AvgIpc) is 2.90. The first-order valence-electron chi connectivity index (χ1n) is 12.5. The molecule has 1 heterocycles. The van der Waals surface area contributed by atoms with Gasteiger partial charge in [-0.2, -0.15) is 0 Å². The third-order valence-corrected chi connectivity index (χ3v) is 8.12. The van der Waals surface area contributed by atoms with E-state index in [1.54, 1.807) is 12.1 Å². The number of Topliss-reactive ketones (excluding diaryl/α,β-unsaturated/α-hetero) is 1. The predicted octanol–water partition coefficient (Wildman–Crippen LogP) is 7.79. The summed E-state index contributed by atoms with van der Waals surface area (Å²) in [7, 11) is 0. The highest BCUT2D eigenvalue weighted by molar-refractivity contribution is 6.42. The lowest BCUT2D eigenvalue weighted by atomic mass is 9.72. The van der Waals surface area contributed by atoms with Crippen LogP contribution in [0.1, 0.15) is 48.3 Å². The molecule has 0 bridgehead atoms. The molecular weight excluding hydrogens is 541 g/mol. The second-order valence-electron chi connectivity index (χ2n) is 9.61. The molecule has 3 aromatic carbocycles. The van der Waals surface area contributed by atoms with E-state index in [1.165, 1.54) is 0 Å². The van der Waals surface area contributed by atoms with E-state index in [0.29, 0.717) is 51.2 Å². The van der Waals surface area contributed by atoms with Crippen LogP contribution in [0.4, 0.5) is 0 Å². The van der Waals surface area contributed by atoms with Crippen molar-refractivity contribution >= 4 is 46.6 Å². The number of esters is 1. The number of halogens is 3. The SMILES string of the molecule is CC1=C(C(=O)OCCc2ccccc2)C(c2ccc(Cl)c(Cl)c2)C2=C(CC(c3ccc(Cl)cc3)CC2=O)N1. The van der Waals surface area contributed by atoms with Crippen molar-refractivity contribution in [3.05, 3.63) is 127 Å². The molecule has 1 aliphatic heterocycles. The summed E-state index contributed by atoms with van der Waals surface area (Å²) >= 11 is 18.7. The largest absolute Gasteiger partial charge is 0.462 e. The van der Waals surface area contributed by atoms with E-state index in [4.69, 9.17) is 39.5 Å². The molecule has 1 aliphatic carbocycles. The summed E-state index contributed by atoms with van der Waals surface area (Å²) in [5.74, 6) is -1.07. The summed E-state index contributed by atoms with van der Waals surface area (Å²) in [6.07, 6.45) is 1.56. The Labute approximate surface area is 237 Å². The van der Waals surface area contributed by atoms with Crippen LogP contribution in [0.25, 0.3) is 0 Å². The molecule has 194 valence electrons. The highest BCUT2D eigenvalue weighted by Crippen LogP contribution is 2.46. The zero-order valence-electron chi connectivity index (χ0n) is 20.8. The standard InChI is InChI=1S/C31H26Cl3NO3/c1-18-28(31(37)38-14-13-19-5-3-2-4-6-19)29(21-9-12-24(33)25(34)15-21)30-26(35-18)16-22(17-27(30)36)20-7-10-23(32)11-8-20/h2-12,15,22,29,35H,13-14,16-17H2,1H3. The topological polar surface area (TPSA) is 55.4 Å². The Balaban J connectivity index is 1.48. The maximum Gasteiger partial charge on any atom is 0.336 e. The summed E-state index contributed by atoms with van der Waals surface area (Å²) in [4.78, 5) is 27.2. The monoisotopic (exact) mass is 565 g/mol. The minimum atomic E-state index is -0.607. The molecule has 0 saturated carbocycles. The molecule has 2 atom stereocenters. The maximum absolute atomic E-state index is 13.7. The molecule has 2 aliphatic rings. The highest BCUT2D eigenvalue weighted by Gasteiger charge is 2.41. The van der Waals surface area contributed by atoms with Crippen LogP contribution in [0.3, 0.4) is 0 Å². The number of carbonyl (C=O) groups excluding carboxylic acids is 2. The van der Waals surface area contributed by atoms with Crippen molar-refractivity contribution in [1.82, 2.24) is 5.32 Å². The maximum atomic E-state index is 13.7. The molecule has 7 heteroatoms. The molecule has 2 unspecified atom stereocenters. The van der Waals surface area contributed by atoms with E-state index in [2.05, 4.69) is 5.32 Å². The van der Waals surface area contributed by atoms with Crippen LogP contribution in [-0.4, -0.2) is 18.4 Å². The molecule has 38 heavy (non-hydrogen) atoms. The second-order valence-corrected chi connectivity index (χ2v) is 10.9. The molecule has 0 aromatic heterocycles. The Bertz CT molecular complexity index is 1440. The van der Waals surface area contributed by atoms with Crippen LogP contribution in [0.2, 0.25) is 15.1 Å². The normalized spacial score (nSPS) is 19.2. The van der Waals surface area contributed by atoms with Gasteiger partial charge in [-0.25, -0.2) is 4.79 Å². The lowest BCUT2D eigenvalue weighted by molar-refractivity contribution is -0.139. The van der Waals surface area contributed by atoms with Gasteiger partial charge in [0.15, 0.2) is 5.78 Å². The van der Waals surface area contributed by atoms with Crippen LogP contribution in [0, 0.1) is 0 Å². The fourth-order valence-corrected chi connectivity index (χ4v) is 5.72. The van der Waals surface area contributed by atoms with Gasteiger partial charge in [-0.3, -0.25) is 4.79 Å². The van der Waals surface area contributed by atoms with Crippen LogP contribution >= 0.6 is 34.8 Å². The number of ether oxygens (including phenoxy) is 1. The first-order chi connectivity index (χ1) is 18.3. The van der Waals surface area contributed by atoms with Gasteiger partial charge >= 0.3 is 5.97 Å². The minimum absolute atomic E-state index is 0.00708. The van der Waals surface area contributed by atoms with Gasteiger partial charge in [0.1, 0.15) is 0 Å². The van der Waals surface area contributed by atoms with Gasteiger partial charge in [-0.15, -0.1) is 0 Å². The van der Waals surface area contributed by atoms with Crippen molar-refractivity contribution < 1.29 is 14.3 Å². The lowest BCUT2D eigenvalue weighted by Crippen LogP contribution is -2.36. The van der Waals surface area contributed by atoms with Gasteiger partial charge in [0.2, 0.25) is 0 Å². The third-order valence-electron chi connectivity index (χ3n) is 7.13. The van der Waals surface area contributed by atoms with E-state index < -0.39 is 11.9 Å². The summed E-state index contributed by atoms with van der Waals surface area (Å²) in [6.45, 7) is 2.07. The first-order valence-corrected chi connectivity index (χ1v) is 13.6. The minimum Gasteiger partial charge on any atom is -0.462 e. The quantitative estimate of drug-likeness (QED) is 0.309. The first kappa shape index (κ1) is 26.6. The molecule has 0 spiro atoms. The number of benzene rings is 3. The fourth-order valence-electron chi connectivity index (χ4n) is 5.29. The smallest absolute Gasteiger partial charge is 0.336 e. The number of allylic oxidation sites excluding steroid dienone is 3. The molecule has 0 amide bonds. The number of dihydropyridines is 1. The summed E-state index contributed by atoms with van der Waals surface area (Å²) in [5.41, 5.74) is 5.32. The van der Waals surface area contributed by atoms with Gasteiger partial charge in [0.25, 0.3) is 0 Å². The van der Waals surface area contributed by atoms with Crippen molar-refractivity contribution in [2.24, 2.45) is 0 Å². The molecule has 0 radical (unpaired) electrons. The molecule has 4 nitrogen and oxygen atoms in total. The third kappa shape index (κ3) is 5.54. The van der Waals surface area contributed by atoms with Gasteiger partial charge < -0.3 is 10.1 Å². The summed E-state index contributed by atoms with van der Waals surface area (Å²) in [6, 6.07) is 22.7. The van der Waals surface area contributed by atoms with Crippen LogP contribution in [0.15, 0.2) is 95.3 Å². The number of nitrogens with one attached hydrogen (secondary N) is 1. The zero-order chi connectivity index (χ0) is 26.8. The number of carbonyl (C=O) groups is 2. The van der Waals surface area contributed by atoms with Crippen LogP contribution < -0.4 is 5.32 Å². The number of rotatable bonds is 6. The number of ketones is 1. The molecule has 5 rings (SSSR count). The van der Waals surface area contributed by atoms with E-state index in [9.17, 15) is 9.59 Å². The van der Waals surface area contributed by atoms with E-state index in [0.717, 1.165) is 22.4 Å². The number of hydrogen-bond acceptors (Lipinski definition) is 4. The summed E-state index contributed by atoms with van der Waals surface area (Å²) in [5, 5.41) is 4.80. The Hall–Kier alpha value is -3.05. The van der Waals surface area contributed by atoms with Crippen molar-refractivity contribution in [2.45, 2.75) is 38.0 Å². The van der Waals surface area contributed by atoms with Crippen LogP contribution in [-0.2, 0) is 20.7 Å². The zero-order valence-corrected chi connectivity index (χ0v) is 23.0. The molecule has 0 fully saturated rings. The number of hydrogen-bond donors (Lipinski definition) is 1. The van der Waals surface area contributed by atoms with Crippen molar-refractivity contribution in [2.75, 3.05) is 6.61 Å². The van der Waals surface area contributed by atoms with Gasteiger partial charge in [-0.1, -0.05) is 83.3 Å². The Morgan fingerprint density at radius 2 is 1.63 bits per heavy atom. The summed E-state index contributed by atoms with van der Waals surface area (Å²) < 4.78 is 5.74. The van der Waals surface area contributed by atoms with Gasteiger partial charge in [-0.05, 0) is 60.2 Å². The second kappa shape index (κ2) is 11.4. The Kier molecular flexibility index (Phi) is 7.94. The molecule has 1 N–H and O–H groups in total. The van der Waals surface area contributed by atoms with Crippen molar-refractivity contribution in [3.8, 4) is 0 Å². The van der Waals surface area contributed by atoms with Crippen LogP contribution in [0.5, 0.6) is 0 Å². The van der Waals surface area contributed by atoms with Crippen molar-refractivity contribution in [1.29, 1.82) is 0 Å².